The average molecular weight is 411 g/mol. The molecule has 3 aromatic carbocycles. The predicted octanol–water partition coefficient (Wildman–Crippen LogP) is 5.83. The predicted molar refractivity (Wildman–Crippen MR) is 109 cm³/mol. The second kappa shape index (κ2) is 8.86. The molecule has 0 aliphatic rings. The van der Waals surface area contributed by atoms with Crippen LogP contribution in [0, 0.1) is 0 Å². The van der Waals surface area contributed by atoms with Crippen molar-refractivity contribution in [1.82, 2.24) is 5.32 Å². The number of halogens is 3. The van der Waals surface area contributed by atoms with E-state index in [9.17, 15) is 18.0 Å². The van der Waals surface area contributed by atoms with Gasteiger partial charge in [-0.3, -0.25) is 4.79 Å². The van der Waals surface area contributed by atoms with Crippen LogP contribution in [0.5, 0.6) is 5.75 Å². The van der Waals surface area contributed by atoms with Crippen LogP contribution in [0.1, 0.15) is 27.9 Å². The SMILES string of the molecule is C=CCC(NC(=O)c1ccccc1)(c1ccccc1)c1ccc(OC(F)(F)F)cc1. The first-order valence-electron chi connectivity index (χ1n) is 9.24. The lowest BCUT2D eigenvalue weighted by atomic mass is 9.79. The van der Waals surface area contributed by atoms with Crippen LogP contribution in [-0.2, 0) is 5.54 Å². The first-order chi connectivity index (χ1) is 14.3. The number of hydrogen-bond acceptors (Lipinski definition) is 2. The minimum atomic E-state index is -4.78. The van der Waals surface area contributed by atoms with Gasteiger partial charge in [0.05, 0.1) is 5.54 Å². The summed E-state index contributed by atoms with van der Waals surface area (Å²) in [5.41, 5.74) is 0.831. The second-order valence-electron chi connectivity index (χ2n) is 6.66. The van der Waals surface area contributed by atoms with Crippen molar-refractivity contribution in [2.45, 2.75) is 18.3 Å². The summed E-state index contributed by atoms with van der Waals surface area (Å²) in [5, 5.41) is 3.07. The van der Waals surface area contributed by atoms with Gasteiger partial charge in [0.2, 0.25) is 0 Å². The minimum absolute atomic E-state index is 0.308. The fourth-order valence-corrected chi connectivity index (χ4v) is 3.33. The van der Waals surface area contributed by atoms with Gasteiger partial charge >= 0.3 is 6.36 Å². The highest BCUT2D eigenvalue weighted by molar-refractivity contribution is 5.95. The number of ether oxygens (including phenoxy) is 1. The third kappa shape index (κ3) is 4.89. The Hall–Kier alpha value is -3.54. The van der Waals surface area contributed by atoms with E-state index in [1.165, 1.54) is 24.3 Å². The number of amides is 1. The molecule has 0 aliphatic carbocycles. The van der Waals surface area contributed by atoms with Gasteiger partial charge in [-0.2, -0.15) is 0 Å². The molecule has 1 N–H and O–H groups in total. The van der Waals surface area contributed by atoms with Crippen molar-refractivity contribution in [2.75, 3.05) is 0 Å². The molecule has 0 fully saturated rings. The number of hydrogen-bond donors (Lipinski definition) is 1. The Morgan fingerprint density at radius 1 is 0.867 bits per heavy atom. The molecule has 0 spiro atoms. The molecule has 0 radical (unpaired) electrons. The summed E-state index contributed by atoms with van der Waals surface area (Å²) in [5.74, 6) is -0.641. The molecule has 1 atom stereocenters. The lowest BCUT2D eigenvalue weighted by Gasteiger charge is -2.35. The summed E-state index contributed by atoms with van der Waals surface area (Å²) in [6.07, 6.45) is -2.78. The van der Waals surface area contributed by atoms with E-state index >= 15 is 0 Å². The molecule has 3 rings (SSSR count). The van der Waals surface area contributed by atoms with E-state index in [1.54, 1.807) is 30.3 Å². The fraction of sp³-hybridized carbons (Fsp3) is 0.125. The van der Waals surface area contributed by atoms with Gasteiger partial charge in [0.1, 0.15) is 5.75 Å². The maximum Gasteiger partial charge on any atom is 0.573 e. The molecule has 0 aromatic heterocycles. The number of alkyl halides is 3. The highest BCUT2D eigenvalue weighted by atomic mass is 19.4. The summed E-state index contributed by atoms with van der Waals surface area (Å²) in [4.78, 5) is 13.0. The van der Waals surface area contributed by atoms with E-state index in [0.717, 1.165) is 5.56 Å². The zero-order valence-corrected chi connectivity index (χ0v) is 16.0. The molecule has 1 amide bonds. The maximum atomic E-state index is 13.0. The number of rotatable bonds is 7. The summed E-state index contributed by atoms with van der Waals surface area (Å²) < 4.78 is 41.6. The van der Waals surface area contributed by atoms with E-state index in [1.807, 2.05) is 36.4 Å². The summed E-state index contributed by atoms with van der Waals surface area (Å²) in [6, 6.07) is 23.5. The molecular weight excluding hydrogens is 391 g/mol. The largest absolute Gasteiger partial charge is 0.573 e. The van der Waals surface area contributed by atoms with Gasteiger partial charge in [-0.1, -0.05) is 66.7 Å². The second-order valence-corrected chi connectivity index (χ2v) is 6.66. The van der Waals surface area contributed by atoms with E-state index in [0.29, 0.717) is 17.5 Å². The molecule has 6 heteroatoms. The van der Waals surface area contributed by atoms with Crippen LogP contribution in [0.3, 0.4) is 0 Å². The molecule has 0 aliphatic heterocycles. The van der Waals surface area contributed by atoms with Crippen LogP contribution < -0.4 is 10.1 Å². The van der Waals surface area contributed by atoms with Crippen LogP contribution in [0.25, 0.3) is 0 Å². The summed E-state index contributed by atoms with van der Waals surface area (Å²) in [6.45, 7) is 3.82. The smallest absolute Gasteiger partial charge is 0.406 e. The van der Waals surface area contributed by atoms with Crippen molar-refractivity contribution in [2.24, 2.45) is 0 Å². The van der Waals surface area contributed by atoms with Gasteiger partial charge in [0, 0.05) is 5.56 Å². The first kappa shape index (κ1) is 21.2. The summed E-state index contributed by atoms with van der Waals surface area (Å²) in [7, 11) is 0. The monoisotopic (exact) mass is 411 g/mol. The fourth-order valence-electron chi connectivity index (χ4n) is 3.33. The molecule has 3 nitrogen and oxygen atoms in total. The Morgan fingerprint density at radius 3 is 1.93 bits per heavy atom. The van der Waals surface area contributed by atoms with Crippen molar-refractivity contribution in [3.63, 3.8) is 0 Å². The van der Waals surface area contributed by atoms with Crippen LogP contribution in [-0.4, -0.2) is 12.3 Å². The van der Waals surface area contributed by atoms with Gasteiger partial charge in [-0.15, -0.1) is 19.8 Å². The number of carbonyl (C=O) groups is 1. The van der Waals surface area contributed by atoms with E-state index in [2.05, 4.69) is 16.6 Å². The number of benzene rings is 3. The minimum Gasteiger partial charge on any atom is -0.406 e. The third-order valence-corrected chi connectivity index (χ3v) is 4.66. The zero-order chi connectivity index (χ0) is 21.6. The van der Waals surface area contributed by atoms with Crippen molar-refractivity contribution in [1.29, 1.82) is 0 Å². The Labute approximate surface area is 172 Å². The van der Waals surface area contributed by atoms with Crippen molar-refractivity contribution >= 4 is 5.91 Å². The van der Waals surface area contributed by atoms with Crippen molar-refractivity contribution < 1.29 is 22.7 Å². The highest BCUT2D eigenvalue weighted by Crippen LogP contribution is 2.35. The van der Waals surface area contributed by atoms with Crippen molar-refractivity contribution in [3.8, 4) is 5.75 Å². The molecule has 1 unspecified atom stereocenters. The topological polar surface area (TPSA) is 38.3 Å². The normalized spacial score (nSPS) is 13.2. The Balaban J connectivity index is 2.06. The van der Waals surface area contributed by atoms with Crippen LogP contribution in [0.2, 0.25) is 0 Å². The van der Waals surface area contributed by atoms with Gasteiger partial charge < -0.3 is 10.1 Å². The van der Waals surface area contributed by atoms with E-state index < -0.39 is 11.9 Å². The van der Waals surface area contributed by atoms with E-state index in [-0.39, 0.29) is 11.7 Å². The van der Waals surface area contributed by atoms with Gasteiger partial charge in [0.25, 0.3) is 5.91 Å². The highest BCUT2D eigenvalue weighted by Gasteiger charge is 2.36. The Kier molecular flexibility index (Phi) is 6.26. The molecule has 0 saturated carbocycles. The molecule has 154 valence electrons. The van der Waals surface area contributed by atoms with Gasteiger partial charge in [0.15, 0.2) is 0 Å². The van der Waals surface area contributed by atoms with Gasteiger partial charge in [-0.25, -0.2) is 0 Å². The van der Waals surface area contributed by atoms with Crippen LogP contribution >= 0.6 is 0 Å². The van der Waals surface area contributed by atoms with E-state index in [4.69, 9.17) is 0 Å². The lowest BCUT2D eigenvalue weighted by Crippen LogP contribution is -2.46. The molecule has 0 saturated heterocycles. The summed E-state index contributed by atoms with van der Waals surface area (Å²) >= 11 is 0. The zero-order valence-electron chi connectivity index (χ0n) is 16.0. The quantitative estimate of drug-likeness (QED) is 0.497. The number of nitrogens with one attached hydrogen (secondary N) is 1. The molecule has 0 bridgehead atoms. The first-order valence-corrected chi connectivity index (χ1v) is 9.24. The molecule has 30 heavy (non-hydrogen) atoms. The van der Waals surface area contributed by atoms with Crippen molar-refractivity contribution in [3.05, 3.63) is 114 Å². The molecule has 3 aromatic rings. The molecule has 0 heterocycles. The molecular formula is C24H20F3NO2. The standard InChI is InChI=1S/C24H20F3NO2/c1-2-17-23(19-11-7-4-8-12-19,28-22(29)18-9-5-3-6-10-18)20-13-15-21(16-14-20)30-24(25,26)27/h2-16H,1,17H2,(H,28,29). The Bertz CT molecular complexity index is 986. The van der Waals surface area contributed by atoms with Crippen LogP contribution in [0.15, 0.2) is 97.6 Å². The Morgan fingerprint density at radius 2 is 1.40 bits per heavy atom. The van der Waals surface area contributed by atoms with Crippen LogP contribution in [0.4, 0.5) is 13.2 Å². The maximum absolute atomic E-state index is 13.0. The lowest BCUT2D eigenvalue weighted by molar-refractivity contribution is -0.274. The average Bonchev–Trinajstić information content (AvgIpc) is 2.74. The number of carbonyl (C=O) groups excluding carboxylic acids is 1. The van der Waals surface area contributed by atoms with Gasteiger partial charge in [-0.05, 0) is 41.8 Å². The third-order valence-electron chi connectivity index (χ3n) is 4.66.